The van der Waals surface area contributed by atoms with Crippen molar-refractivity contribution in [2.75, 3.05) is 55.9 Å². The molecule has 2 N–H and O–H groups in total. The second-order valence-corrected chi connectivity index (χ2v) is 8.44. The van der Waals surface area contributed by atoms with Crippen LogP contribution in [0, 0.1) is 0 Å². The number of halogens is 2. The zero-order valence-electron chi connectivity index (χ0n) is 18.3. The maximum absolute atomic E-state index is 12.8. The van der Waals surface area contributed by atoms with Crippen LogP contribution in [-0.2, 0) is 0 Å². The minimum Gasteiger partial charge on any atom is -0.496 e. The van der Waals surface area contributed by atoms with E-state index in [1.807, 2.05) is 12.1 Å². The van der Waals surface area contributed by atoms with E-state index < -0.39 is 5.91 Å². The van der Waals surface area contributed by atoms with Crippen molar-refractivity contribution in [1.82, 2.24) is 14.9 Å². The lowest BCUT2D eigenvalue weighted by Crippen LogP contribution is -2.44. The number of nitrogens with one attached hydrogen (secondary N) is 2. The van der Waals surface area contributed by atoms with Crippen molar-refractivity contribution >= 4 is 52.3 Å². The van der Waals surface area contributed by atoms with Crippen LogP contribution >= 0.6 is 23.2 Å². The number of nitrogens with zero attached hydrogens (tertiary/aromatic N) is 4. The maximum atomic E-state index is 12.8. The number of hydrogen-bond donors (Lipinski definition) is 2. The van der Waals surface area contributed by atoms with Gasteiger partial charge in [-0.15, -0.1) is 0 Å². The number of amides is 1. The molecule has 172 valence electrons. The lowest BCUT2D eigenvalue weighted by atomic mass is 10.2. The number of rotatable bonds is 6. The SMILES string of the molecule is COc1cccc(Cl)c1C(=O)Nc1nc(Nc2ccc(N3CCN(C)CC3)cc2)ncc1Cl. The molecule has 1 aliphatic heterocycles. The molecule has 0 saturated carbocycles. The standard InChI is InChI=1S/C23H24Cl2N6O2/c1-30-10-12-31(13-11-30)16-8-6-15(7-9-16)27-23-26-14-18(25)21(29-23)28-22(32)20-17(24)4-3-5-19(20)33-2/h3-9,14H,10-13H2,1-2H3,(H2,26,27,28,29,32). The molecule has 0 bridgehead atoms. The van der Waals surface area contributed by atoms with E-state index in [0.717, 1.165) is 31.9 Å². The van der Waals surface area contributed by atoms with E-state index in [4.69, 9.17) is 27.9 Å². The summed E-state index contributed by atoms with van der Waals surface area (Å²) in [6, 6.07) is 13.0. The molecule has 8 nitrogen and oxygen atoms in total. The fraction of sp³-hybridized carbons (Fsp3) is 0.261. The number of benzene rings is 2. The Morgan fingerprint density at radius 1 is 1.03 bits per heavy atom. The molecule has 33 heavy (non-hydrogen) atoms. The summed E-state index contributed by atoms with van der Waals surface area (Å²) in [6.45, 7) is 4.10. The summed E-state index contributed by atoms with van der Waals surface area (Å²) in [7, 11) is 3.61. The predicted molar refractivity (Wildman–Crippen MR) is 132 cm³/mol. The number of aromatic nitrogens is 2. The number of piperazine rings is 1. The van der Waals surface area contributed by atoms with E-state index in [0.29, 0.717) is 11.7 Å². The van der Waals surface area contributed by atoms with Crippen molar-refractivity contribution in [2.24, 2.45) is 0 Å². The normalized spacial score (nSPS) is 14.1. The summed E-state index contributed by atoms with van der Waals surface area (Å²) < 4.78 is 5.25. The van der Waals surface area contributed by atoms with Gasteiger partial charge in [0.2, 0.25) is 5.95 Å². The largest absolute Gasteiger partial charge is 0.496 e. The Hall–Kier alpha value is -3.07. The lowest BCUT2D eigenvalue weighted by Gasteiger charge is -2.34. The summed E-state index contributed by atoms with van der Waals surface area (Å²) in [4.78, 5) is 26.1. The van der Waals surface area contributed by atoms with E-state index >= 15 is 0 Å². The molecule has 3 aromatic rings. The van der Waals surface area contributed by atoms with Crippen molar-refractivity contribution in [3.8, 4) is 5.75 Å². The lowest BCUT2D eigenvalue weighted by molar-refractivity contribution is 0.102. The van der Waals surface area contributed by atoms with Gasteiger partial charge < -0.3 is 25.2 Å². The summed E-state index contributed by atoms with van der Waals surface area (Å²) in [5.41, 5.74) is 2.19. The van der Waals surface area contributed by atoms with Gasteiger partial charge in [-0.05, 0) is 43.4 Å². The van der Waals surface area contributed by atoms with Crippen LogP contribution in [0.2, 0.25) is 10.0 Å². The first-order chi connectivity index (χ1) is 15.9. The second kappa shape index (κ2) is 10.2. The summed E-state index contributed by atoms with van der Waals surface area (Å²) in [5, 5.41) is 6.29. The number of carbonyl (C=O) groups excluding carboxylic acids is 1. The highest BCUT2D eigenvalue weighted by Crippen LogP contribution is 2.29. The Balaban J connectivity index is 1.47. The van der Waals surface area contributed by atoms with Gasteiger partial charge >= 0.3 is 0 Å². The van der Waals surface area contributed by atoms with Gasteiger partial charge in [0, 0.05) is 37.6 Å². The number of ether oxygens (including phenoxy) is 1. The van der Waals surface area contributed by atoms with E-state index in [-0.39, 0.29) is 21.4 Å². The van der Waals surface area contributed by atoms with Gasteiger partial charge in [-0.3, -0.25) is 4.79 Å². The molecule has 1 aromatic heterocycles. The predicted octanol–water partition coefficient (Wildman–Crippen LogP) is 4.54. The molecule has 0 radical (unpaired) electrons. The number of anilines is 4. The highest BCUT2D eigenvalue weighted by molar-refractivity contribution is 6.36. The van der Waals surface area contributed by atoms with E-state index in [9.17, 15) is 4.79 Å². The molecule has 1 amide bonds. The van der Waals surface area contributed by atoms with Crippen molar-refractivity contribution in [3.63, 3.8) is 0 Å². The molecule has 0 spiro atoms. The molecular weight excluding hydrogens is 463 g/mol. The molecule has 0 aliphatic carbocycles. The number of carbonyl (C=O) groups is 1. The Kier molecular flexibility index (Phi) is 7.17. The molecule has 0 unspecified atom stereocenters. The summed E-state index contributed by atoms with van der Waals surface area (Å²) in [5.74, 6) is 0.327. The molecule has 0 atom stereocenters. The van der Waals surface area contributed by atoms with Crippen molar-refractivity contribution in [2.45, 2.75) is 0 Å². The highest BCUT2D eigenvalue weighted by Gasteiger charge is 2.19. The van der Waals surface area contributed by atoms with Crippen LogP contribution in [0.1, 0.15) is 10.4 Å². The molecule has 2 aromatic carbocycles. The zero-order chi connectivity index (χ0) is 23.4. The topological polar surface area (TPSA) is 82.6 Å². The molecule has 4 rings (SSSR count). The number of methoxy groups -OCH3 is 1. The Morgan fingerprint density at radius 2 is 1.76 bits per heavy atom. The number of likely N-dealkylation sites (N-methyl/N-ethyl adjacent to an activating group) is 1. The highest BCUT2D eigenvalue weighted by atomic mass is 35.5. The summed E-state index contributed by atoms with van der Waals surface area (Å²) >= 11 is 12.4. The van der Waals surface area contributed by atoms with Gasteiger partial charge in [0.05, 0.1) is 18.3 Å². The van der Waals surface area contributed by atoms with E-state index in [1.54, 1.807) is 18.2 Å². The fourth-order valence-electron chi connectivity index (χ4n) is 3.53. The Labute approximate surface area is 202 Å². The quantitative estimate of drug-likeness (QED) is 0.528. The van der Waals surface area contributed by atoms with Crippen LogP contribution in [0.15, 0.2) is 48.7 Å². The first kappa shape index (κ1) is 23.1. The van der Waals surface area contributed by atoms with Crippen LogP contribution < -0.4 is 20.3 Å². The fourth-order valence-corrected chi connectivity index (χ4v) is 3.92. The van der Waals surface area contributed by atoms with Gasteiger partial charge in [-0.1, -0.05) is 29.3 Å². The molecule has 10 heteroatoms. The van der Waals surface area contributed by atoms with Crippen molar-refractivity contribution in [3.05, 3.63) is 64.3 Å². The average Bonchev–Trinajstić information content (AvgIpc) is 2.82. The maximum Gasteiger partial charge on any atom is 0.262 e. The van der Waals surface area contributed by atoms with Gasteiger partial charge in [0.1, 0.15) is 16.3 Å². The van der Waals surface area contributed by atoms with Crippen LogP contribution in [0.5, 0.6) is 5.75 Å². The van der Waals surface area contributed by atoms with Gasteiger partial charge in [0.15, 0.2) is 5.82 Å². The van der Waals surface area contributed by atoms with Gasteiger partial charge in [0.25, 0.3) is 5.91 Å². The van der Waals surface area contributed by atoms with Crippen LogP contribution in [0.4, 0.5) is 23.1 Å². The zero-order valence-corrected chi connectivity index (χ0v) is 19.8. The van der Waals surface area contributed by atoms with Crippen molar-refractivity contribution < 1.29 is 9.53 Å². The molecule has 1 saturated heterocycles. The van der Waals surface area contributed by atoms with E-state index in [2.05, 4.69) is 49.6 Å². The first-order valence-corrected chi connectivity index (χ1v) is 11.2. The second-order valence-electron chi connectivity index (χ2n) is 7.62. The molecule has 1 aliphatic rings. The third-order valence-electron chi connectivity index (χ3n) is 5.39. The molecular formula is C23H24Cl2N6O2. The van der Waals surface area contributed by atoms with E-state index in [1.165, 1.54) is 19.0 Å². The third-order valence-corrected chi connectivity index (χ3v) is 5.98. The van der Waals surface area contributed by atoms with Crippen LogP contribution in [0.3, 0.4) is 0 Å². The monoisotopic (exact) mass is 486 g/mol. The summed E-state index contributed by atoms with van der Waals surface area (Å²) in [6.07, 6.45) is 1.43. The smallest absolute Gasteiger partial charge is 0.262 e. The van der Waals surface area contributed by atoms with Gasteiger partial charge in [-0.25, -0.2) is 4.98 Å². The minimum absolute atomic E-state index is 0.162. The number of hydrogen-bond acceptors (Lipinski definition) is 7. The third kappa shape index (κ3) is 5.47. The van der Waals surface area contributed by atoms with Crippen molar-refractivity contribution in [1.29, 1.82) is 0 Å². The Morgan fingerprint density at radius 3 is 2.45 bits per heavy atom. The molecule has 2 heterocycles. The average molecular weight is 487 g/mol. The van der Waals surface area contributed by atoms with Crippen LogP contribution in [-0.4, -0.2) is 61.1 Å². The van der Waals surface area contributed by atoms with Crippen LogP contribution in [0.25, 0.3) is 0 Å². The van der Waals surface area contributed by atoms with Gasteiger partial charge in [-0.2, -0.15) is 4.98 Å². The Bertz CT molecular complexity index is 1130. The minimum atomic E-state index is -0.486. The first-order valence-electron chi connectivity index (χ1n) is 10.4. The molecule has 1 fully saturated rings.